The van der Waals surface area contributed by atoms with Crippen LogP contribution in [0.25, 0.3) is 0 Å². The third-order valence-corrected chi connectivity index (χ3v) is 5.12. The Kier molecular flexibility index (Phi) is 7.02. The van der Waals surface area contributed by atoms with E-state index in [4.69, 9.17) is 9.05 Å². The molecule has 4 nitrogen and oxygen atoms in total. The summed E-state index contributed by atoms with van der Waals surface area (Å²) in [6.07, 6.45) is 5.02. The van der Waals surface area contributed by atoms with Gasteiger partial charge in [-0.3, -0.25) is 9.46 Å². The van der Waals surface area contributed by atoms with Crippen LogP contribution in [0.5, 0.6) is 0 Å². The monoisotopic (exact) mass is 291 g/mol. The molecule has 1 rings (SSSR count). The number of rotatable bonds is 8. The van der Waals surface area contributed by atoms with Crippen LogP contribution in [0.15, 0.2) is 0 Å². The lowest BCUT2D eigenvalue weighted by Gasteiger charge is -2.36. The number of nitrogens with zero attached hydrogens (tertiary/aromatic N) is 1. The topological polar surface area (TPSA) is 38.8 Å². The van der Waals surface area contributed by atoms with Gasteiger partial charge in [0.15, 0.2) is 0 Å². The summed E-state index contributed by atoms with van der Waals surface area (Å²) in [5.74, 6) is 0. The first-order valence-electron chi connectivity index (χ1n) is 7.51. The largest absolute Gasteiger partial charge is 0.344 e. The smallest absolute Gasteiger partial charge is 0.307 e. The van der Waals surface area contributed by atoms with E-state index in [1.165, 1.54) is 0 Å². The molecule has 114 valence electrons. The molecule has 0 aromatic heterocycles. The number of hydrogen-bond donors (Lipinski definition) is 0. The highest BCUT2D eigenvalue weighted by Crippen LogP contribution is 2.53. The third-order valence-electron chi connectivity index (χ3n) is 3.33. The van der Waals surface area contributed by atoms with Gasteiger partial charge in [-0.25, -0.2) is 0 Å². The summed E-state index contributed by atoms with van der Waals surface area (Å²) in [5.41, 5.74) is -0.0222. The molecule has 1 aliphatic rings. The minimum atomic E-state index is -2.90. The molecule has 1 heterocycles. The Morgan fingerprint density at radius 1 is 1.05 bits per heavy atom. The third kappa shape index (κ3) is 6.40. The van der Waals surface area contributed by atoms with Crippen LogP contribution in [0.4, 0.5) is 0 Å². The van der Waals surface area contributed by atoms with Crippen molar-refractivity contribution in [2.75, 3.05) is 32.6 Å². The molecule has 0 atom stereocenters. The average molecular weight is 291 g/mol. The van der Waals surface area contributed by atoms with Crippen LogP contribution >= 0.6 is 7.60 Å². The van der Waals surface area contributed by atoms with E-state index in [2.05, 4.69) is 32.6 Å². The van der Waals surface area contributed by atoms with Gasteiger partial charge in [0.1, 0.15) is 6.29 Å². The first-order chi connectivity index (χ1) is 8.91. The lowest BCUT2D eigenvalue weighted by Crippen LogP contribution is -2.34. The first-order valence-corrected chi connectivity index (χ1v) is 9.24. The molecule has 19 heavy (non-hydrogen) atoms. The molecule has 0 unspecified atom stereocenters. The van der Waals surface area contributed by atoms with Gasteiger partial charge < -0.3 is 9.05 Å². The van der Waals surface area contributed by atoms with E-state index in [1.807, 2.05) is 0 Å². The summed E-state index contributed by atoms with van der Waals surface area (Å²) in [6, 6.07) is 0. The quantitative estimate of drug-likeness (QED) is 0.631. The molecule has 0 aromatic rings. The van der Waals surface area contributed by atoms with Crippen LogP contribution in [0.3, 0.4) is 0 Å². The van der Waals surface area contributed by atoms with Crippen LogP contribution in [-0.2, 0) is 13.6 Å². The van der Waals surface area contributed by atoms with Crippen molar-refractivity contribution in [1.29, 1.82) is 0 Å². The summed E-state index contributed by atoms with van der Waals surface area (Å²) in [5, 5.41) is 0. The molecule has 0 aliphatic carbocycles. The van der Waals surface area contributed by atoms with E-state index in [0.29, 0.717) is 19.5 Å². The van der Waals surface area contributed by atoms with Gasteiger partial charge in [0.05, 0.1) is 13.2 Å². The molecule has 0 amide bonds. The summed E-state index contributed by atoms with van der Waals surface area (Å²) in [7, 11) is -2.90. The predicted molar refractivity (Wildman–Crippen MR) is 79.5 cm³/mol. The molecule has 0 aromatic carbocycles. The normalized spacial score (nSPS) is 21.7. The van der Waals surface area contributed by atoms with Crippen molar-refractivity contribution >= 4 is 7.60 Å². The maximum atomic E-state index is 12.6. The molecule has 0 spiro atoms. The van der Waals surface area contributed by atoms with Crippen molar-refractivity contribution in [3.63, 3.8) is 0 Å². The van der Waals surface area contributed by atoms with Crippen molar-refractivity contribution in [1.82, 2.24) is 4.90 Å². The van der Waals surface area contributed by atoms with E-state index in [1.54, 1.807) is 0 Å². The van der Waals surface area contributed by atoms with Crippen molar-refractivity contribution < 1.29 is 13.6 Å². The van der Waals surface area contributed by atoms with E-state index in [9.17, 15) is 4.57 Å². The minimum absolute atomic E-state index is 0.0222. The van der Waals surface area contributed by atoms with Crippen LogP contribution in [0, 0.1) is 5.41 Å². The molecule has 0 N–H and O–H groups in total. The predicted octanol–water partition coefficient (Wildman–Crippen LogP) is 4.11. The number of unbranched alkanes of at least 4 members (excludes halogenated alkanes) is 2. The van der Waals surface area contributed by atoms with Gasteiger partial charge >= 0.3 is 7.60 Å². The SMILES string of the molecule is CCCCN(CCCC)CP1(=O)OCC(C)(C)CO1. The van der Waals surface area contributed by atoms with Gasteiger partial charge in [-0.2, -0.15) is 0 Å². The second kappa shape index (κ2) is 7.78. The molecular formula is C14H30NO3P. The van der Waals surface area contributed by atoms with Crippen molar-refractivity contribution in [3.8, 4) is 0 Å². The van der Waals surface area contributed by atoms with Gasteiger partial charge in [0.25, 0.3) is 0 Å². The van der Waals surface area contributed by atoms with Crippen LogP contribution in [0.2, 0.25) is 0 Å². The fourth-order valence-corrected chi connectivity index (χ4v) is 4.07. The molecule has 0 bridgehead atoms. The maximum absolute atomic E-state index is 12.6. The van der Waals surface area contributed by atoms with Crippen LogP contribution in [0.1, 0.15) is 53.4 Å². The van der Waals surface area contributed by atoms with E-state index in [0.717, 1.165) is 38.8 Å². The van der Waals surface area contributed by atoms with E-state index >= 15 is 0 Å². The fourth-order valence-electron chi connectivity index (χ4n) is 1.97. The van der Waals surface area contributed by atoms with Crippen molar-refractivity contribution in [2.24, 2.45) is 5.41 Å². The average Bonchev–Trinajstić information content (AvgIpc) is 2.37. The number of hydrogen-bond acceptors (Lipinski definition) is 4. The Hall–Kier alpha value is 0.110. The second-order valence-corrected chi connectivity index (χ2v) is 8.31. The van der Waals surface area contributed by atoms with E-state index < -0.39 is 7.60 Å². The van der Waals surface area contributed by atoms with Gasteiger partial charge in [-0.05, 0) is 25.9 Å². The Balaban J connectivity index is 2.49. The lowest BCUT2D eigenvalue weighted by atomic mass is 9.97. The zero-order valence-corrected chi connectivity index (χ0v) is 13.9. The van der Waals surface area contributed by atoms with Crippen LogP contribution < -0.4 is 0 Å². The van der Waals surface area contributed by atoms with Gasteiger partial charge in [-0.15, -0.1) is 0 Å². The summed E-state index contributed by atoms with van der Waals surface area (Å²) in [4.78, 5) is 2.24. The minimum Gasteiger partial charge on any atom is -0.307 e. The molecule has 5 heteroatoms. The molecule has 1 fully saturated rings. The Morgan fingerprint density at radius 2 is 1.53 bits per heavy atom. The van der Waals surface area contributed by atoms with Gasteiger partial charge in [0, 0.05) is 5.41 Å². The molecule has 1 aliphatic heterocycles. The lowest BCUT2D eigenvalue weighted by molar-refractivity contribution is 0.0363. The highest BCUT2D eigenvalue weighted by Gasteiger charge is 2.37. The highest BCUT2D eigenvalue weighted by atomic mass is 31.2. The standard InChI is InChI=1S/C14H30NO3P/c1-5-7-9-15(10-8-6-2)13-19(16)17-11-14(3,4)12-18-19/h5-13H2,1-4H3. The summed E-state index contributed by atoms with van der Waals surface area (Å²) < 4.78 is 23.7. The Morgan fingerprint density at radius 3 is 1.95 bits per heavy atom. The first kappa shape index (κ1) is 17.2. The fraction of sp³-hybridized carbons (Fsp3) is 1.00. The molecule has 1 saturated heterocycles. The highest BCUT2D eigenvalue weighted by molar-refractivity contribution is 7.53. The zero-order chi connectivity index (χ0) is 14.4. The Labute approximate surface area is 118 Å². The summed E-state index contributed by atoms with van der Waals surface area (Å²) in [6.45, 7) is 11.5. The van der Waals surface area contributed by atoms with E-state index in [-0.39, 0.29) is 5.41 Å². The molecule has 0 radical (unpaired) electrons. The Bertz CT molecular complexity index is 285. The molecular weight excluding hydrogens is 261 g/mol. The molecule has 0 saturated carbocycles. The summed E-state index contributed by atoms with van der Waals surface area (Å²) >= 11 is 0. The zero-order valence-electron chi connectivity index (χ0n) is 13.0. The van der Waals surface area contributed by atoms with Crippen molar-refractivity contribution in [3.05, 3.63) is 0 Å². The van der Waals surface area contributed by atoms with Crippen molar-refractivity contribution in [2.45, 2.75) is 53.4 Å². The van der Waals surface area contributed by atoms with Crippen LogP contribution in [-0.4, -0.2) is 37.5 Å². The maximum Gasteiger partial charge on any atom is 0.344 e. The van der Waals surface area contributed by atoms with Gasteiger partial charge in [0.2, 0.25) is 0 Å². The second-order valence-electron chi connectivity index (χ2n) is 6.29. The van der Waals surface area contributed by atoms with Gasteiger partial charge in [-0.1, -0.05) is 40.5 Å².